The van der Waals surface area contributed by atoms with Crippen molar-refractivity contribution < 1.29 is 18.4 Å². The van der Waals surface area contributed by atoms with Gasteiger partial charge in [-0.3, -0.25) is 10.1 Å². The normalized spacial score (nSPS) is 10.9. The van der Waals surface area contributed by atoms with E-state index in [1.54, 1.807) is 42.5 Å². The lowest BCUT2D eigenvalue weighted by Gasteiger charge is -2.08. The van der Waals surface area contributed by atoms with Gasteiger partial charge in [0.2, 0.25) is 5.89 Å². The molecule has 0 aliphatic heterocycles. The number of thiocarbonyl (C=S) groups is 1. The molecule has 0 bridgehead atoms. The summed E-state index contributed by atoms with van der Waals surface area (Å²) in [6.45, 7) is 2.53. The highest BCUT2D eigenvalue weighted by Gasteiger charge is 2.16. The number of rotatable bonds is 6. The number of amides is 1. The molecule has 2 heterocycles. The van der Waals surface area contributed by atoms with Crippen molar-refractivity contribution in [2.45, 2.75) is 6.92 Å². The lowest BCUT2D eigenvalue weighted by molar-refractivity contribution is 0.0951. The lowest BCUT2D eigenvalue weighted by Crippen LogP contribution is -2.33. The van der Waals surface area contributed by atoms with E-state index in [1.807, 2.05) is 31.2 Å². The van der Waals surface area contributed by atoms with E-state index in [0.29, 0.717) is 50.7 Å². The molecule has 0 spiro atoms. The Kier molecular flexibility index (Phi) is 7.14. The monoisotopic (exact) mass is 551 g/mol. The van der Waals surface area contributed by atoms with Crippen LogP contribution in [0.25, 0.3) is 33.9 Å². The number of nitrogens with zero attached hydrogens (tertiary/aromatic N) is 1. The number of anilines is 1. The number of halogens is 2. The number of carbonyl (C=O) groups excluding carboxylic acids is 1. The molecule has 0 fully saturated rings. The van der Waals surface area contributed by atoms with Crippen LogP contribution < -0.4 is 15.4 Å². The molecule has 5 aromatic rings. The minimum Gasteiger partial charge on any atom is -0.494 e. The van der Waals surface area contributed by atoms with Crippen molar-refractivity contribution in [2.75, 3.05) is 11.9 Å². The van der Waals surface area contributed by atoms with E-state index >= 15 is 0 Å². The Morgan fingerprint density at radius 3 is 2.59 bits per heavy atom. The molecule has 0 unspecified atom stereocenters. The Bertz CT molecular complexity index is 1610. The second-order valence-electron chi connectivity index (χ2n) is 7.86. The Balaban J connectivity index is 1.25. The van der Waals surface area contributed by atoms with E-state index in [-0.39, 0.29) is 10.9 Å². The fourth-order valence-electron chi connectivity index (χ4n) is 3.61. The third-order valence-electron chi connectivity index (χ3n) is 5.31. The first-order valence-corrected chi connectivity index (χ1v) is 12.4. The molecule has 37 heavy (non-hydrogen) atoms. The fourth-order valence-corrected chi connectivity index (χ4v) is 4.20. The van der Waals surface area contributed by atoms with Crippen molar-refractivity contribution in [2.24, 2.45) is 0 Å². The van der Waals surface area contributed by atoms with E-state index in [9.17, 15) is 4.79 Å². The standard InChI is InChI=1S/C27H19Cl2N3O4S/c1-2-34-18-7-3-15(4-8-18)26-31-21-14-17(6-10-23(21)36-26)30-27(37)32-25(33)24-12-11-22(35-24)19-13-16(28)5-9-20(19)29/h3-14H,2H2,1H3,(H2,30,32,33,37). The van der Waals surface area contributed by atoms with Gasteiger partial charge in [-0.25, -0.2) is 4.98 Å². The smallest absolute Gasteiger partial charge is 0.293 e. The summed E-state index contributed by atoms with van der Waals surface area (Å²) in [5, 5.41) is 6.64. The molecule has 5 rings (SSSR count). The third kappa shape index (κ3) is 5.61. The molecule has 10 heteroatoms. The van der Waals surface area contributed by atoms with Crippen LogP contribution in [0.15, 0.2) is 81.6 Å². The number of furan rings is 1. The Morgan fingerprint density at radius 2 is 1.81 bits per heavy atom. The maximum absolute atomic E-state index is 12.7. The van der Waals surface area contributed by atoms with Gasteiger partial charge in [-0.15, -0.1) is 0 Å². The minimum atomic E-state index is -0.512. The van der Waals surface area contributed by atoms with Crippen molar-refractivity contribution >= 4 is 63.2 Å². The number of oxazole rings is 1. The van der Waals surface area contributed by atoms with Crippen LogP contribution in [0.2, 0.25) is 10.0 Å². The van der Waals surface area contributed by atoms with E-state index in [2.05, 4.69) is 15.6 Å². The zero-order valence-electron chi connectivity index (χ0n) is 19.4. The average molecular weight is 552 g/mol. The van der Waals surface area contributed by atoms with Crippen LogP contribution >= 0.6 is 35.4 Å². The summed E-state index contributed by atoms with van der Waals surface area (Å²) in [4.78, 5) is 17.2. The van der Waals surface area contributed by atoms with Gasteiger partial charge in [0, 0.05) is 21.8 Å². The second kappa shape index (κ2) is 10.6. The Hall–Kier alpha value is -3.85. The topological polar surface area (TPSA) is 89.5 Å². The number of benzene rings is 3. The summed E-state index contributed by atoms with van der Waals surface area (Å²) in [5.74, 6) is 1.24. The molecule has 0 radical (unpaired) electrons. The van der Waals surface area contributed by atoms with Gasteiger partial charge in [0.05, 0.1) is 11.6 Å². The van der Waals surface area contributed by atoms with Crippen molar-refractivity contribution in [3.8, 4) is 28.5 Å². The first-order valence-electron chi connectivity index (χ1n) is 11.2. The van der Waals surface area contributed by atoms with Gasteiger partial charge in [0.25, 0.3) is 5.91 Å². The Labute approximate surface area is 227 Å². The molecule has 2 N–H and O–H groups in total. The summed E-state index contributed by atoms with van der Waals surface area (Å²) in [7, 11) is 0. The molecule has 0 atom stereocenters. The number of fused-ring (bicyclic) bond motifs is 1. The van der Waals surface area contributed by atoms with Crippen molar-refractivity contribution in [1.29, 1.82) is 0 Å². The minimum absolute atomic E-state index is 0.0714. The zero-order valence-corrected chi connectivity index (χ0v) is 21.7. The number of hydrogen-bond acceptors (Lipinski definition) is 6. The second-order valence-corrected chi connectivity index (χ2v) is 9.11. The fraction of sp³-hybridized carbons (Fsp3) is 0.0741. The highest BCUT2D eigenvalue weighted by molar-refractivity contribution is 7.80. The summed E-state index contributed by atoms with van der Waals surface area (Å²) in [5.41, 5.74) is 3.30. The number of aromatic nitrogens is 1. The third-order valence-corrected chi connectivity index (χ3v) is 6.08. The van der Waals surface area contributed by atoms with Crippen LogP contribution in [-0.2, 0) is 0 Å². The van der Waals surface area contributed by atoms with Gasteiger partial charge in [-0.05, 0) is 91.9 Å². The number of nitrogens with one attached hydrogen (secondary N) is 2. The predicted octanol–water partition coefficient (Wildman–Crippen LogP) is 7.59. The molecular weight excluding hydrogens is 533 g/mol. The van der Waals surface area contributed by atoms with Crippen LogP contribution in [0.4, 0.5) is 5.69 Å². The summed E-state index contributed by atoms with van der Waals surface area (Å²) in [6.07, 6.45) is 0. The molecule has 0 saturated carbocycles. The summed E-state index contributed by atoms with van der Waals surface area (Å²) >= 11 is 17.6. The molecule has 0 aliphatic rings. The number of hydrogen-bond donors (Lipinski definition) is 2. The quantitative estimate of drug-likeness (QED) is 0.210. The zero-order chi connectivity index (χ0) is 25.9. The SMILES string of the molecule is CCOc1ccc(-c2nc3cc(NC(=S)NC(=O)c4ccc(-c5cc(Cl)ccc5Cl)o4)ccc3o2)cc1. The summed E-state index contributed by atoms with van der Waals surface area (Å²) < 4.78 is 17.0. The molecule has 3 aromatic carbocycles. The Morgan fingerprint density at radius 1 is 1.00 bits per heavy atom. The van der Waals surface area contributed by atoms with Gasteiger partial charge in [0.1, 0.15) is 17.0 Å². The van der Waals surface area contributed by atoms with Gasteiger partial charge < -0.3 is 18.9 Å². The van der Waals surface area contributed by atoms with Gasteiger partial charge >= 0.3 is 0 Å². The van der Waals surface area contributed by atoms with Gasteiger partial charge in [0.15, 0.2) is 16.5 Å². The van der Waals surface area contributed by atoms with Crippen molar-refractivity contribution in [3.05, 3.63) is 88.6 Å². The molecule has 7 nitrogen and oxygen atoms in total. The van der Waals surface area contributed by atoms with Crippen molar-refractivity contribution in [1.82, 2.24) is 10.3 Å². The van der Waals surface area contributed by atoms with Gasteiger partial charge in [-0.2, -0.15) is 0 Å². The molecule has 186 valence electrons. The van der Waals surface area contributed by atoms with Crippen LogP contribution in [0.3, 0.4) is 0 Å². The van der Waals surface area contributed by atoms with E-state index in [1.165, 1.54) is 6.07 Å². The largest absolute Gasteiger partial charge is 0.494 e. The maximum atomic E-state index is 12.7. The first kappa shape index (κ1) is 24.8. The van der Waals surface area contributed by atoms with E-state index < -0.39 is 5.91 Å². The van der Waals surface area contributed by atoms with Gasteiger partial charge in [-0.1, -0.05) is 23.2 Å². The highest BCUT2D eigenvalue weighted by Crippen LogP contribution is 2.32. The van der Waals surface area contributed by atoms with Crippen LogP contribution in [-0.4, -0.2) is 22.6 Å². The van der Waals surface area contributed by atoms with Crippen LogP contribution in [0, 0.1) is 0 Å². The molecule has 2 aromatic heterocycles. The first-order chi connectivity index (χ1) is 17.9. The average Bonchev–Trinajstić information content (AvgIpc) is 3.54. The molecule has 0 aliphatic carbocycles. The van der Waals surface area contributed by atoms with Crippen LogP contribution in [0.1, 0.15) is 17.5 Å². The predicted molar refractivity (Wildman–Crippen MR) is 148 cm³/mol. The summed E-state index contributed by atoms with van der Waals surface area (Å²) in [6, 6.07) is 21.0. The lowest BCUT2D eigenvalue weighted by atomic mass is 10.2. The van der Waals surface area contributed by atoms with E-state index in [0.717, 1.165) is 11.3 Å². The van der Waals surface area contributed by atoms with E-state index in [4.69, 9.17) is 49.0 Å². The van der Waals surface area contributed by atoms with Crippen LogP contribution in [0.5, 0.6) is 5.75 Å². The number of carbonyl (C=O) groups is 1. The molecule has 0 saturated heterocycles. The highest BCUT2D eigenvalue weighted by atomic mass is 35.5. The van der Waals surface area contributed by atoms with Crippen molar-refractivity contribution in [3.63, 3.8) is 0 Å². The molecular formula is C27H19Cl2N3O4S. The maximum Gasteiger partial charge on any atom is 0.293 e. The number of ether oxygens (including phenoxy) is 1. The molecule has 1 amide bonds.